The van der Waals surface area contributed by atoms with Crippen LogP contribution in [0.5, 0.6) is 0 Å². The van der Waals surface area contributed by atoms with E-state index in [1.165, 1.54) is 0 Å². The predicted octanol–water partition coefficient (Wildman–Crippen LogP) is 1.73. The van der Waals surface area contributed by atoms with E-state index in [4.69, 9.17) is 4.74 Å². The van der Waals surface area contributed by atoms with Crippen LogP contribution in [0.2, 0.25) is 0 Å². The topological polar surface area (TPSA) is 87.2 Å². The first-order chi connectivity index (χ1) is 14.5. The molecule has 4 rings (SSSR count). The largest absolute Gasteiger partial charge is 0.466 e. The van der Waals surface area contributed by atoms with Crippen LogP contribution >= 0.6 is 0 Å². The van der Waals surface area contributed by atoms with E-state index in [-0.39, 0.29) is 18.4 Å². The van der Waals surface area contributed by atoms with Crippen LogP contribution < -0.4 is 0 Å². The summed E-state index contributed by atoms with van der Waals surface area (Å²) in [5, 5.41) is 10.8. The molecule has 1 saturated carbocycles. The molecule has 0 radical (unpaired) electrons. The summed E-state index contributed by atoms with van der Waals surface area (Å²) in [6.45, 7) is 3.20. The van der Waals surface area contributed by atoms with Crippen molar-refractivity contribution in [2.45, 2.75) is 57.2 Å². The van der Waals surface area contributed by atoms with Crippen molar-refractivity contribution >= 4 is 17.8 Å². The van der Waals surface area contributed by atoms with Crippen LogP contribution in [0.3, 0.4) is 0 Å². The Morgan fingerprint density at radius 3 is 2.40 bits per heavy atom. The molecule has 1 N–H and O–H groups in total. The molecule has 0 unspecified atom stereocenters. The van der Waals surface area contributed by atoms with Gasteiger partial charge in [-0.05, 0) is 38.2 Å². The van der Waals surface area contributed by atoms with Gasteiger partial charge in [0, 0.05) is 25.6 Å². The van der Waals surface area contributed by atoms with Crippen LogP contribution in [0.4, 0.5) is 0 Å². The second kappa shape index (κ2) is 8.38. The van der Waals surface area contributed by atoms with Gasteiger partial charge in [0.2, 0.25) is 5.91 Å². The van der Waals surface area contributed by atoms with E-state index in [2.05, 4.69) is 0 Å². The molecular formula is C23H30N2O5. The van der Waals surface area contributed by atoms with Gasteiger partial charge < -0.3 is 19.6 Å². The summed E-state index contributed by atoms with van der Waals surface area (Å²) in [6.07, 6.45) is 2.51. The number of ether oxygens (including phenoxy) is 1. The van der Waals surface area contributed by atoms with E-state index in [0.717, 1.165) is 24.8 Å². The van der Waals surface area contributed by atoms with E-state index in [0.29, 0.717) is 32.5 Å². The molecule has 2 heterocycles. The van der Waals surface area contributed by atoms with Crippen molar-refractivity contribution in [1.29, 1.82) is 0 Å². The molecule has 3 fully saturated rings. The van der Waals surface area contributed by atoms with Crippen LogP contribution in [-0.4, -0.2) is 64.0 Å². The first-order valence-corrected chi connectivity index (χ1v) is 11.0. The maximum atomic E-state index is 13.1. The number of nitrogens with zero attached hydrogens (tertiary/aromatic N) is 2. The molecule has 30 heavy (non-hydrogen) atoms. The van der Waals surface area contributed by atoms with Crippen molar-refractivity contribution in [2.24, 2.45) is 11.8 Å². The van der Waals surface area contributed by atoms with Crippen molar-refractivity contribution in [3.63, 3.8) is 0 Å². The predicted molar refractivity (Wildman–Crippen MR) is 109 cm³/mol. The number of aliphatic hydroxyl groups excluding tert-OH is 1. The maximum absolute atomic E-state index is 13.1. The number of likely N-dealkylation sites (tertiary alicyclic amines) is 2. The number of rotatable bonds is 5. The number of hydrogen-bond acceptors (Lipinski definition) is 5. The smallest absolute Gasteiger partial charge is 0.314 e. The molecule has 3 aliphatic rings. The van der Waals surface area contributed by atoms with Gasteiger partial charge in [-0.2, -0.15) is 0 Å². The second-order valence-electron chi connectivity index (χ2n) is 8.64. The summed E-state index contributed by atoms with van der Waals surface area (Å²) in [4.78, 5) is 42.1. The van der Waals surface area contributed by atoms with Gasteiger partial charge in [0.05, 0.1) is 12.1 Å². The number of benzene rings is 1. The second-order valence-corrected chi connectivity index (χ2v) is 8.64. The van der Waals surface area contributed by atoms with Crippen molar-refractivity contribution < 1.29 is 24.2 Å². The Bertz CT molecular complexity index is 799. The highest BCUT2D eigenvalue weighted by atomic mass is 16.5. The highest BCUT2D eigenvalue weighted by molar-refractivity contribution is 5.93. The van der Waals surface area contributed by atoms with E-state index in [1.54, 1.807) is 11.8 Å². The van der Waals surface area contributed by atoms with Gasteiger partial charge >= 0.3 is 5.97 Å². The lowest BCUT2D eigenvalue weighted by Crippen LogP contribution is -2.59. The molecular weight excluding hydrogens is 384 g/mol. The van der Waals surface area contributed by atoms with Crippen LogP contribution in [-0.2, 0) is 25.7 Å². The summed E-state index contributed by atoms with van der Waals surface area (Å²) in [5.41, 5.74) is 0.101. The van der Waals surface area contributed by atoms with E-state index < -0.39 is 29.4 Å². The Morgan fingerprint density at radius 2 is 1.83 bits per heavy atom. The number of piperidine rings is 1. The van der Waals surface area contributed by atoms with Crippen LogP contribution in [0.15, 0.2) is 30.3 Å². The Morgan fingerprint density at radius 1 is 1.17 bits per heavy atom. The zero-order valence-corrected chi connectivity index (χ0v) is 17.5. The highest BCUT2D eigenvalue weighted by Gasteiger charge is 2.62. The van der Waals surface area contributed by atoms with Gasteiger partial charge in [-0.3, -0.25) is 14.4 Å². The van der Waals surface area contributed by atoms with Crippen molar-refractivity contribution in [1.82, 2.24) is 9.80 Å². The van der Waals surface area contributed by atoms with Crippen molar-refractivity contribution in [3.8, 4) is 0 Å². The molecule has 0 aromatic heterocycles. The molecule has 2 aliphatic heterocycles. The third-order valence-electron chi connectivity index (χ3n) is 7.07. The minimum atomic E-state index is -1.42. The molecule has 1 spiro atoms. The number of carbonyl (C=O) groups excluding carboxylic acids is 3. The van der Waals surface area contributed by atoms with Crippen LogP contribution in [0, 0.1) is 11.8 Å². The molecule has 162 valence electrons. The first-order valence-electron chi connectivity index (χ1n) is 11.0. The van der Waals surface area contributed by atoms with Gasteiger partial charge in [0.25, 0.3) is 5.91 Å². The van der Waals surface area contributed by atoms with Crippen molar-refractivity contribution in [2.75, 3.05) is 19.7 Å². The van der Waals surface area contributed by atoms with Crippen molar-refractivity contribution in [3.05, 3.63) is 35.9 Å². The fraction of sp³-hybridized carbons (Fsp3) is 0.609. The summed E-state index contributed by atoms with van der Waals surface area (Å²) >= 11 is 0. The molecule has 0 bridgehead atoms. The molecule has 1 aliphatic carbocycles. The number of hydrogen-bond donors (Lipinski definition) is 1. The average Bonchev–Trinajstić information content (AvgIpc) is 2.89. The standard InChI is InChI=1S/C23H30N2O5/c1-2-30-22(29)18-19(26)21(28)25(15-16-7-4-3-5-8-16)23(18)11-13-24(14-12-23)20(27)17-9-6-10-17/h3-5,7-8,17-19,26H,2,6,9-15H2,1H3/t18-,19+/m0/s1. The van der Waals surface area contributed by atoms with Gasteiger partial charge in [0.1, 0.15) is 12.0 Å². The molecule has 2 saturated heterocycles. The molecule has 1 aromatic carbocycles. The fourth-order valence-corrected chi connectivity index (χ4v) is 5.17. The minimum absolute atomic E-state index is 0.121. The zero-order chi connectivity index (χ0) is 21.3. The van der Waals surface area contributed by atoms with Gasteiger partial charge in [-0.25, -0.2) is 0 Å². The number of amides is 2. The molecule has 2 atom stereocenters. The third kappa shape index (κ3) is 3.49. The number of esters is 1. The monoisotopic (exact) mass is 414 g/mol. The zero-order valence-electron chi connectivity index (χ0n) is 17.5. The fourth-order valence-electron chi connectivity index (χ4n) is 5.17. The summed E-state index contributed by atoms with van der Waals surface area (Å²) in [7, 11) is 0. The molecule has 7 nitrogen and oxygen atoms in total. The summed E-state index contributed by atoms with van der Waals surface area (Å²) in [5.74, 6) is -1.60. The van der Waals surface area contributed by atoms with Gasteiger partial charge in [-0.15, -0.1) is 0 Å². The number of aliphatic hydroxyl groups is 1. The SMILES string of the molecule is CCOC(=O)[C@@H]1[C@@H](O)C(=O)N(Cc2ccccc2)C12CCN(C(=O)C1CCC1)CC2. The molecule has 7 heteroatoms. The van der Waals surface area contributed by atoms with E-state index in [1.807, 2.05) is 35.2 Å². The summed E-state index contributed by atoms with van der Waals surface area (Å²) in [6, 6.07) is 9.58. The Balaban J connectivity index is 1.61. The highest BCUT2D eigenvalue weighted by Crippen LogP contribution is 2.45. The van der Waals surface area contributed by atoms with Crippen LogP contribution in [0.25, 0.3) is 0 Å². The quantitative estimate of drug-likeness (QED) is 0.742. The van der Waals surface area contributed by atoms with E-state index in [9.17, 15) is 19.5 Å². The lowest BCUT2D eigenvalue weighted by Gasteiger charge is -2.47. The van der Waals surface area contributed by atoms with Crippen LogP contribution in [0.1, 0.15) is 44.6 Å². The Kier molecular flexibility index (Phi) is 5.82. The molecule has 2 amide bonds. The lowest BCUT2D eigenvalue weighted by atomic mass is 9.75. The first kappa shape index (κ1) is 20.8. The van der Waals surface area contributed by atoms with E-state index >= 15 is 0 Å². The Hall–Kier alpha value is -2.41. The summed E-state index contributed by atoms with van der Waals surface area (Å²) < 4.78 is 5.25. The molecule has 1 aromatic rings. The minimum Gasteiger partial charge on any atom is -0.466 e. The maximum Gasteiger partial charge on any atom is 0.314 e. The average molecular weight is 415 g/mol. The Labute approximate surface area is 177 Å². The normalized spacial score (nSPS) is 26.0. The lowest BCUT2D eigenvalue weighted by molar-refractivity contribution is -0.157. The van der Waals surface area contributed by atoms with Gasteiger partial charge in [0.15, 0.2) is 0 Å². The number of carbonyl (C=O) groups is 3. The van der Waals surface area contributed by atoms with Gasteiger partial charge in [-0.1, -0.05) is 36.8 Å². The third-order valence-corrected chi connectivity index (χ3v) is 7.07.